The van der Waals surface area contributed by atoms with Crippen LogP contribution in [0.4, 0.5) is 0 Å². The molecule has 0 aromatic heterocycles. The SMILES string of the molecule is CC[C@@H](N)c1c(OC)cc(O)cc1OC. The quantitative estimate of drug-likeness (QED) is 0.797. The number of phenols is 1. The lowest BCUT2D eigenvalue weighted by Gasteiger charge is -2.18. The van der Waals surface area contributed by atoms with Gasteiger partial charge in [-0.05, 0) is 6.42 Å². The van der Waals surface area contributed by atoms with Gasteiger partial charge in [-0.15, -0.1) is 0 Å². The second-order valence-corrected chi connectivity index (χ2v) is 3.28. The molecule has 1 atom stereocenters. The number of hydrogen-bond acceptors (Lipinski definition) is 4. The Labute approximate surface area is 89.6 Å². The molecule has 15 heavy (non-hydrogen) atoms. The zero-order valence-corrected chi connectivity index (χ0v) is 9.28. The second-order valence-electron chi connectivity index (χ2n) is 3.28. The van der Waals surface area contributed by atoms with E-state index in [-0.39, 0.29) is 11.8 Å². The molecule has 1 rings (SSSR count). The lowest BCUT2D eigenvalue weighted by molar-refractivity contribution is 0.370. The number of rotatable bonds is 4. The van der Waals surface area contributed by atoms with Crippen LogP contribution in [-0.2, 0) is 0 Å². The molecule has 0 aliphatic rings. The van der Waals surface area contributed by atoms with Gasteiger partial charge in [0, 0.05) is 18.2 Å². The highest BCUT2D eigenvalue weighted by Crippen LogP contribution is 2.37. The maximum atomic E-state index is 9.43. The molecule has 0 aliphatic heterocycles. The first-order valence-electron chi connectivity index (χ1n) is 4.84. The Hall–Kier alpha value is -1.42. The van der Waals surface area contributed by atoms with Gasteiger partial charge in [-0.3, -0.25) is 0 Å². The first kappa shape index (κ1) is 11.7. The summed E-state index contributed by atoms with van der Waals surface area (Å²) in [6, 6.07) is 2.91. The van der Waals surface area contributed by atoms with E-state index in [0.717, 1.165) is 12.0 Å². The zero-order valence-electron chi connectivity index (χ0n) is 9.28. The van der Waals surface area contributed by atoms with Gasteiger partial charge in [0.05, 0.1) is 19.8 Å². The Morgan fingerprint density at radius 1 is 1.27 bits per heavy atom. The maximum absolute atomic E-state index is 9.43. The summed E-state index contributed by atoms with van der Waals surface area (Å²) in [5, 5.41) is 9.43. The zero-order chi connectivity index (χ0) is 11.4. The van der Waals surface area contributed by atoms with E-state index in [9.17, 15) is 5.11 Å². The van der Waals surface area contributed by atoms with Gasteiger partial charge in [-0.1, -0.05) is 6.92 Å². The van der Waals surface area contributed by atoms with Crippen LogP contribution < -0.4 is 15.2 Å². The fourth-order valence-electron chi connectivity index (χ4n) is 1.49. The van der Waals surface area contributed by atoms with E-state index in [1.165, 1.54) is 12.1 Å². The summed E-state index contributed by atoms with van der Waals surface area (Å²) in [6.07, 6.45) is 0.775. The van der Waals surface area contributed by atoms with Crippen LogP contribution in [0.2, 0.25) is 0 Å². The van der Waals surface area contributed by atoms with Crippen molar-refractivity contribution in [1.29, 1.82) is 0 Å². The number of methoxy groups -OCH3 is 2. The molecule has 0 saturated heterocycles. The Kier molecular flexibility index (Phi) is 3.80. The second kappa shape index (κ2) is 4.89. The van der Waals surface area contributed by atoms with Crippen LogP contribution in [0.3, 0.4) is 0 Å². The fraction of sp³-hybridized carbons (Fsp3) is 0.455. The minimum atomic E-state index is -0.157. The minimum Gasteiger partial charge on any atom is -0.508 e. The first-order chi connectivity index (χ1) is 7.13. The van der Waals surface area contributed by atoms with Crippen molar-refractivity contribution in [3.8, 4) is 17.2 Å². The van der Waals surface area contributed by atoms with Gasteiger partial charge >= 0.3 is 0 Å². The summed E-state index contributed by atoms with van der Waals surface area (Å²) in [4.78, 5) is 0. The molecule has 4 nitrogen and oxygen atoms in total. The number of nitrogens with two attached hydrogens (primary N) is 1. The highest BCUT2D eigenvalue weighted by molar-refractivity contribution is 5.51. The summed E-state index contributed by atoms with van der Waals surface area (Å²) >= 11 is 0. The molecule has 1 aromatic rings. The molecule has 0 unspecified atom stereocenters. The summed E-state index contributed by atoms with van der Waals surface area (Å²) < 4.78 is 10.3. The molecule has 0 bridgehead atoms. The monoisotopic (exact) mass is 211 g/mol. The van der Waals surface area contributed by atoms with E-state index in [1.807, 2.05) is 6.92 Å². The van der Waals surface area contributed by atoms with Crippen LogP contribution in [0.1, 0.15) is 24.9 Å². The summed E-state index contributed by atoms with van der Waals surface area (Å²) in [6.45, 7) is 1.98. The van der Waals surface area contributed by atoms with Crippen LogP contribution in [0.5, 0.6) is 17.2 Å². The number of phenolic OH excluding ortho intramolecular Hbond substituents is 1. The van der Waals surface area contributed by atoms with Gasteiger partial charge in [0.15, 0.2) is 0 Å². The van der Waals surface area contributed by atoms with Gasteiger partial charge in [0.2, 0.25) is 0 Å². The molecule has 84 valence electrons. The van der Waals surface area contributed by atoms with Crippen LogP contribution in [0.15, 0.2) is 12.1 Å². The predicted molar refractivity (Wildman–Crippen MR) is 58.4 cm³/mol. The Morgan fingerprint density at radius 2 is 1.73 bits per heavy atom. The van der Waals surface area contributed by atoms with Crippen molar-refractivity contribution in [3.63, 3.8) is 0 Å². The van der Waals surface area contributed by atoms with Crippen LogP contribution >= 0.6 is 0 Å². The normalized spacial score (nSPS) is 12.3. The van der Waals surface area contributed by atoms with Crippen molar-refractivity contribution in [2.24, 2.45) is 5.73 Å². The summed E-state index contributed by atoms with van der Waals surface area (Å²) in [5.74, 6) is 1.22. The first-order valence-corrected chi connectivity index (χ1v) is 4.84. The van der Waals surface area contributed by atoms with Crippen molar-refractivity contribution >= 4 is 0 Å². The van der Waals surface area contributed by atoms with Gasteiger partial charge in [-0.25, -0.2) is 0 Å². The van der Waals surface area contributed by atoms with Crippen molar-refractivity contribution in [2.45, 2.75) is 19.4 Å². The molecular weight excluding hydrogens is 194 g/mol. The average molecular weight is 211 g/mol. The predicted octanol–water partition coefficient (Wildman–Crippen LogP) is 1.82. The average Bonchev–Trinajstić information content (AvgIpc) is 2.26. The van der Waals surface area contributed by atoms with Crippen LogP contribution in [-0.4, -0.2) is 19.3 Å². The molecule has 0 aliphatic carbocycles. The molecule has 0 radical (unpaired) electrons. The van der Waals surface area contributed by atoms with Crippen LogP contribution in [0, 0.1) is 0 Å². The summed E-state index contributed by atoms with van der Waals surface area (Å²) in [7, 11) is 3.08. The van der Waals surface area contributed by atoms with E-state index in [2.05, 4.69) is 0 Å². The van der Waals surface area contributed by atoms with Crippen molar-refractivity contribution in [2.75, 3.05) is 14.2 Å². The topological polar surface area (TPSA) is 64.7 Å². The highest BCUT2D eigenvalue weighted by Gasteiger charge is 2.17. The summed E-state index contributed by atoms with van der Waals surface area (Å²) in [5.41, 5.74) is 6.75. The number of aromatic hydroxyl groups is 1. The van der Waals surface area contributed by atoms with E-state index in [4.69, 9.17) is 15.2 Å². The highest BCUT2D eigenvalue weighted by atomic mass is 16.5. The lowest BCUT2D eigenvalue weighted by atomic mass is 10.0. The van der Waals surface area contributed by atoms with E-state index in [0.29, 0.717) is 11.5 Å². The van der Waals surface area contributed by atoms with Gasteiger partial charge < -0.3 is 20.3 Å². The molecule has 4 heteroatoms. The maximum Gasteiger partial charge on any atom is 0.131 e. The molecular formula is C11H17NO3. The van der Waals surface area contributed by atoms with Crippen LogP contribution in [0.25, 0.3) is 0 Å². The largest absolute Gasteiger partial charge is 0.508 e. The van der Waals surface area contributed by atoms with Crippen molar-refractivity contribution in [1.82, 2.24) is 0 Å². The van der Waals surface area contributed by atoms with E-state index < -0.39 is 0 Å². The number of benzene rings is 1. The molecule has 0 amide bonds. The molecule has 0 spiro atoms. The third-order valence-electron chi connectivity index (χ3n) is 2.34. The van der Waals surface area contributed by atoms with E-state index >= 15 is 0 Å². The molecule has 0 saturated carbocycles. The van der Waals surface area contributed by atoms with Crippen molar-refractivity contribution < 1.29 is 14.6 Å². The number of hydrogen-bond donors (Lipinski definition) is 2. The molecule has 1 aromatic carbocycles. The third-order valence-corrected chi connectivity index (χ3v) is 2.34. The molecule has 0 fully saturated rings. The third kappa shape index (κ3) is 2.33. The Balaban J connectivity index is 3.30. The van der Waals surface area contributed by atoms with Gasteiger partial charge in [0.25, 0.3) is 0 Å². The van der Waals surface area contributed by atoms with Gasteiger partial charge in [0.1, 0.15) is 17.2 Å². The lowest BCUT2D eigenvalue weighted by Crippen LogP contribution is -2.11. The minimum absolute atomic E-state index is 0.107. The fourth-order valence-corrected chi connectivity index (χ4v) is 1.49. The van der Waals surface area contributed by atoms with E-state index in [1.54, 1.807) is 14.2 Å². The molecule has 3 N–H and O–H groups in total. The van der Waals surface area contributed by atoms with Crippen molar-refractivity contribution in [3.05, 3.63) is 17.7 Å². The smallest absolute Gasteiger partial charge is 0.131 e. The van der Waals surface area contributed by atoms with Gasteiger partial charge in [-0.2, -0.15) is 0 Å². The molecule has 0 heterocycles. The standard InChI is InChI=1S/C11H17NO3/c1-4-8(12)11-9(14-2)5-7(13)6-10(11)15-3/h5-6,8,13H,4,12H2,1-3H3/t8-/m1/s1. The Morgan fingerprint density at radius 3 is 2.07 bits per heavy atom. The Bertz CT molecular complexity index is 314. The number of ether oxygens (including phenoxy) is 2.